The SMILES string of the molecule is COc1ccc(OCc2ccc(C(=O)Nc3cc(C)n(Cc4ccc(Cl)c(Cl)c4)n3)cc2)cc1. The van der Waals surface area contributed by atoms with Gasteiger partial charge in [-0.05, 0) is 66.6 Å². The van der Waals surface area contributed by atoms with E-state index in [-0.39, 0.29) is 5.91 Å². The fraction of sp³-hybridized carbons (Fsp3) is 0.154. The first-order chi connectivity index (χ1) is 16.4. The van der Waals surface area contributed by atoms with Gasteiger partial charge in [-0.15, -0.1) is 0 Å². The third-order valence-corrected chi connectivity index (χ3v) is 5.96. The number of aryl methyl sites for hydroxylation is 1. The first-order valence-electron chi connectivity index (χ1n) is 10.6. The van der Waals surface area contributed by atoms with E-state index in [1.165, 1.54) is 0 Å². The van der Waals surface area contributed by atoms with Crippen LogP contribution in [0.1, 0.15) is 27.2 Å². The van der Waals surface area contributed by atoms with Crippen LogP contribution >= 0.6 is 23.2 Å². The molecule has 4 rings (SSSR count). The highest BCUT2D eigenvalue weighted by Gasteiger charge is 2.11. The Labute approximate surface area is 208 Å². The lowest BCUT2D eigenvalue weighted by Crippen LogP contribution is -2.13. The minimum atomic E-state index is -0.234. The highest BCUT2D eigenvalue weighted by Crippen LogP contribution is 2.23. The van der Waals surface area contributed by atoms with Crippen molar-refractivity contribution in [2.24, 2.45) is 0 Å². The molecule has 0 saturated heterocycles. The summed E-state index contributed by atoms with van der Waals surface area (Å²) in [6, 6.07) is 21.9. The van der Waals surface area contributed by atoms with Crippen LogP contribution < -0.4 is 14.8 Å². The van der Waals surface area contributed by atoms with Crippen LogP contribution in [0.15, 0.2) is 72.8 Å². The van der Waals surface area contributed by atoms with Gasteiger partial charge in [0, 0.05) is 17.3 Å². The van der Waals surface area contributed by atoms with Crippen LogP contribution in [0, 0.1) is 6.92 Å². The van der Waals surface area contributed by atoms with Crippen LogP contribution in [0.25, 0.3) is 0 Å². The van der Waals surface area contributed by atoms with Gasteiger partial charge in [-0.3, -0.25) is 9.48 Å². The molecule has 3 aromatic carbocycles. The summed E-state index contributed by atoms with van der Waals surface area (Å²) in [6.07, 6.45) is 0. The van der Waals surface area contributed by atoms with Gasteiger partial charge in [0.1, 0.15) is 18.1 Å². The van der Waals surface area contributed by atoms with Crippen molar-refractivity contribution < 1.29 is 14.3 Å². The second-order valence-corrected chi connectivity index (χ2v) is 8.51. The maximum atomic E-state index is 12.7. The molecular weight excluding hydrogens is 473 g/mol. The van der Waals surface area contributed by atoms with Crippen LogP contribution in [0.3, 0.4) is 0 Å². The molecule has 0 saturated carbocycles. The molecular formula is C26H23Cl2N3O3. The third kappa shape index (κ3) is 5.90. The van der Waals surface area contributed by atoms with Crippen LogP contribution in [0.5, 0.6) is 11.5 Å². The number of carbonyl (C=O) groups excluding carboxylic acids is 1. The number of nitrogens with zero attached hydrogens (tertiary/aromatic N) is 2. The molecule has 0 radical (unpaired) electrons. The number of ether oxygens (including phenoxy) is 2. The van der Waals surface area contributed by atoms with Gasteiger partial charge in [0.15, 0.2) is 5.82 Å². The first-order valence-corrected chi connectivity index (χ1v) is 11.3. The average molecular weight is 496 g/mol. The van der Waals surface area contributed by atoms with Gasteiger partial charge in [0.2, 0.25) is 0 Å². The predicted octanol–water partition coefficient (Wildman–Crippen LogP) is 6.39. The number of amides is 1. The fourth-order valence-electron chi connectivity index (χ4n) is 3.32. The number of methoxy groups -OCH3 is 1. The number of nitrogens with one attached hydrogen (secondary N) is 1. The summed E-state index contributed by atoms with van der Waals surface area (Å²) in [6.45, 7) is 2.84. The maximum absolute atomic E-state index is 12.7. The van der Waals surface area contributed by atoms with E-state index in [0.29, 0.717) is 34.6 Å². The number of benzene rings is 3. The number of aromatic nitrogens is 2. The molecule has 1 aromatic heterocycles. The van der Waals surface area contributed by atoms with Crippen molar-refractivity contribution in [3.63, 3.8) is 0 Å². The van der Waals surface area contributed by atoms with Gasteiger partial charge < -0.3 is 14.8 Å². The van der Waals surface area contributed by atoms with Gasteiger partial charge in [0.05, 0.1) is 23.7 Å². The molecule has 0 aliphatic carbocycles. The highest BCUT2D eigenvalue weighted by atomic mass is 35.5. The average Bonchev–Trinajstić information content (AvgIpc) is 3.18. The van der Waals surface area contributed by atoms with E-state index in [0.717, 1.165) is 28.3 Å². The lowest BCUT2D eigenvalue weighted by atomic mass is 10.1. The molecule has 1 N–H and O–H groups in total. The smallest absolute Gasteiger partial charge is 0.256 e. The molecule has 8 heteroatoms. The molecule has 34 heavy (non-hydrogen) atoms. The summed E-state index contributed by atoms with van der Waals surface area (Å²) >= 11 is 12.1. The van der Waals surface area contributed by atoms with Crippen LogP contribution in [-0.4, -0.2) is 22.8 Å². The molecule has 0 bridgehead atoms. The van der Waals surface area contributed by atoms with E-state index in [2.05, 4.69) is 10.4 Å². The molecule has 4 aromatic rings. The zero-order chi connectivity index (χ0) is 24.1. The van der Waals surface area contributed by atoms with E-state index in [9.17, 15) is 4.79 Å². The second-order valence-electron chi connectivity index (χ2n) is 7.69. The van der Waals surface area contributed by atoms with Crippen LogP contribution in [-0.2, 0) is 13.2 Å². The molecule has 0 aliphatic rings. The number of rotatable bonds is 8. The molecule has 0 atom stereocenters. The number of hydrogen-bond acceptors (Lipinski definition) is 4. The van der Waals surface area contributed by atoms with Gasteiger partial charge in [-0.2, -0.15) is 5.10 Å². The summed E-state index contributed by atoms with van der Waals surface area (Å²) in [5, 5.41) is 8.35. The topological polar surface area (TPSA) is 65.4 Å². The van der Waals surface area contributed by atoms with E-state index in [1.54, 1.807) is 30.0 Å². The molecule has 1 amide bonds. The Morgan fingerprint density at radius 3 is 2.26 bits per heavy atom. The van der Waals surface area contributed by atoms with E-state index < -0.39 is 0 Å². The summed E-state index contributed by atoms with van der Waals surface area (Å²) in [4.78, 5) is 12.7. The van der Waals surface area contributed by atoms with Crippen molar-refractivity contribution in [3.05, 3.63) is 105 Å². The quantitative estimate of drug-likeness (QED) is 0.307. The standard InChI is InChI=1S/C26H23Cl2N3O3/c1-17-13-25(30-31(17)15-19-5-12-23(27)24(28)14-19)29-26(32)20-6-3-18(4-7-20)16-34-22-10-8-21(33-2)9-11-22/h3-14H,15-16H2,1-2H3,(H,29,30,32). The van der Waals surface area contributed by atoms with Crippen molar-refractivity contribution in [3.8, 4) is 11.5 Å². The number of carbonyl (C=O) groups is 1. The minimum Gasteiger partial charge on any atom is -0.497 e. The monoisotopic (exact) mass is 495 g/mol. The van der Waals surface area contributed by atoms with Crippen molar-refractivity contribution >= 4 is 34.9 Å². The molecule has 174 valence electrons. The first kappa shape index (κ1) is 23.7. The Morgan fingerprint density at radius 1 is 0.912 bits per heavy atom. The Balaban J connectivity index is 1.35. The summed E-state index contributed by atoms with van der Waals surface area (Å²) < 4.78 is 12.7. The Hall–Kier alpha value is -3.48. The second kappa shape index (κ2) is 10.6. The molecule has 0 aliphatic heterocycles. The van der Waals surface area contributed by atoms with E-state index in [4.69, 9.17) is 32.7 Å². The van der Waals surface area contributed by atoms with Crippen molar-refractivity contribution in [1.29, 1.82) is 0 Å². The van der Waals surface area contributed by atoms with Gasteiger partial charge in [0.25, 0.3) is 5.91 Å². The summed E-state index contributed by atoms with van der Waals surface area (Å²) in [5.74, 6) is 1.77. The Kier molecular flexibility index (Phi) is 7.40. The lowest BCUT2D eigenvalue weighted by Gasteiger charge is -2.08. The molecule has 0 fully saturated rings. The summed E-state index contributed by atoms with van der Waals surface area (Å²) in [5.41, 5.74) is 3.36. The van der Waals surface area contributed by atoms with Crippen molar-refractivity contribution in [2.45, 2.75) is 20.1 Å². The minimum absolute atomic E-state index is 0.234. The zero-order valence-electron chi connectivity index (χ0n) is 18.7. The fourth-order valence-corrected chi connectivity index (χ4v) is 3.64. The number of anilines is 1. The van der Waals surface area contributed by atoms with Crippen molar-refractivity contribution in [1.82, 2.24) is 9.78 Å². The molecule has 1 heterocycles. The molecule has 6 nitrogen and oxygen atoms in total. The van der Waals surface area contributed by atoms with Gasteiger partial charge >= 0.3 is 0 Å². The van der Waals surface area contributed by atoms with E-state index >= 15 is 0 Å². The Bertz CT molecular complexity index is 1290. The normalized spacial score (nSPS) is 10.7. The zero-order valence-corrected chi connectivity index (χ0v) is 20.2. The van der Waals surface area contributed by atoms with Crippen molar-refractivity contribution in [2.75, 3.05) is 12.4 Å². The Morgan fingerprint density at radius 2 is 1.59 bits per heavy atom. The van der Waals surface area contributed by atoms with Gasteiger partial charge in [-0.25, -0.2) is 0 Å². The predicted molar refractivity (Wildman–Crippen MR) is 134 cm³/mol. The van der Waals surface area contributed by atoms with Gasteiger partial charge in [-0.1, -0.05) is 41.4 Å². The molecule has 0 unspecified atom stereocenters. The largest absolute Gasteiger partial charge is 0.497 e. The summed E-state index contributed by atoms with van der Waals surface area (Å²) in [7, 11) is 1.62. The van der Waals surface area contributed by atoms with Crippen LogP contribution in [0.2, 0.25) is 10.0 Å². The van der Waals surface area contributed by atoms with Crippen LogP contribution in [0.4, 0.5) is 5.82 Å². The lowest BCUT2D eigenvalue weighted by molar-refractivity contribution is 0.102. The third-order valence-electron chi connectivity index (χ3n) is 5.22. The maximum Gasteiger partial charge on any atom is 0.256 e. The van der Waals surface area contributed by atoms with E-state index in [1.807, 2.05) is 61.5 Å². The highest BCUT2D eigenvalue weighted by molar-refractivity contribution is 6.42. The molecule has 0 spiro atoms. The number of hydrogen-bond donors (Lipinski definition) is 1. The number of halogens is 2.